The van der Waals surface area contributed by atoms with E-state index in [1.165, 1.54) is 12.3 Å². The molecule has 0 atom stereocenters. The molecule has 2 rings (SSSR count). The van der Waals surface area contributed by atoms with E-state index < -0.39 is 0 Å². The molecule has 5 heteroatoms. The van der Waals surface area contributed by atoms with Crippen molar-refractivity contribution in [3.63, 3.8) is 0 Å². The molecule has 78 valence electrons. The number of rotatable bonds is 2. The van der Waals surface area contributed by atoms with Gasteiger partial charge in [0.05, 0.1) is 18.3 Å². The molecule has 1 aromatic heterocycles. The first-order valence-electron chi connectivity index (χ1n) is 4.31. The van der Waals surface area contributed by atoms with Gasteiger partial charge in [-0.3, -0.25) is 0 Å². The van der Waals surface area contributed by atoms with E-state index in [0.29, 0.717) is 21.7 Å². The molecule has 0 aliphatic heterocycles. The number of aromatic nitrogens is 1. The third-order valence-corrected chi connectivity index (χ3v) is 2.60. The standard InChI is InChI=1S/C10H8BrFN2O/c11-6-2-1-3-7(12)10(6)8-5-14-9(4-13)15-8/h1-3,5H,4,13H2. The van der Waals surface area contributed by atoms with E-state index in [1.807, 2.05) is 0 Å². The molecule has 2 N–H and O–H groups in total. The van der Waals surface area contributed by atoms with E-state index in [2.05, 4.69) is 20.9 Å². The summed E-state index contributed by atoms with van der Waals surface area (Å²) in [6, 6.07) is 4.72. The van der Waals surface area contributed by atoms with Crippen molar-refractivity contribution in [3.05, 3.63) is 40.6 Å². The van der Waals surface area contributed by atoms with Crippen molar-refractivity contribution in [2.75, 3.05) is 0 Å². The van der Waals surface area contributed by atoms with Crippen LogP contribution in [-0.2, 0) is 6.54 Å². The molecule has 3 nitrogen and oxygen atoms in total. The van der Waals surface area contributed by atoms with Gasteiger partial charge in [-0.2, -0.15) is 0 Å². The van der Waals surface area contributed by atoms with Crippen LogP contribution in [0, 0.1) is 5.82 Å². The average Bonchev–Trinajstić information content (AvgIpc) is 2.66. The van der Waals surface area contributed by atoms with Gasteiger partial charge >= 0.3 is 0 Å². The number of nitrogens with two attached hydrogens (primary N) is 1. The van der Waals surface area contributed by atoms with Crippen LogP contribution >= 0.6 is 15.9 Å². The van der Waals surface area contributed by atoms with Crippen LogP contribution in [0.4, 0.5) is 4.39 Å². The Hall–Kier alpha value is -1.20. The second-order valence-electron chi connectivity index (χ2n) is 2.92. The lowest BCUT2D eigenvalue weighted by Crippen LogP contribution is -1.94. The Morgan fingerprint density at radius 1 is 1.47 bits per heavy atom. The number of nitrogens with zero attached hydrogens (tertiary/aromatic N) is 1. The summed E-state index contributed by atoms with van der Waals surface area (Å²) in [5.74, 6) is 0.407. The first-order chi connectivity index (χ1) is 7.22. The third-order valence-electron chi connectivity index (χ3n) is 1.94. The van der Waals surface area contributed by atoms with Crippen molar-refractivity contribution in [3.8, 4) is 11.3 Å². The Morgan fingerprint density at radius 3 is 2.87 bits per heavy atom. The van der Waals surface area contributed by atoms with Gasteiger partial charge in [-0.25, -0.2) is 9.37 Å². The molecule has 1 heterocycles. The molecule has 0 fully saturated rings. The molecule has 0 radical (unpaired) electrons. The second-order valence-corrected chi connectivity index (χ2v) is 3.77. The van der Waals surface area contributed by atoms with E-state index in [0.717, 1.165) is 0 Å². The topological polar surface area (TPSA) is 52.0 Å². The Kier molecular flexibility index (Phi) is 2.83. The normalized spacial score (nSPS) is 10.6. The molecule has 0 saturated carbocycles. The Labute approximate surface area is 94.2 Å². The van der Waals surface area contributed by atoms with Crippen LogP contribution in [0.2, 0.25) is 0 Å². The number of benzene rings is 1. The quantitative estimate of drug-likeness (QED) is 0.913. The fraction of sp³-hybridized carbons (Fsp3) is 0.100. The Bertz CT molecular complexity index is 464. The van der Waals surface area contributed by atoms with Gasteiger partial charge in [0.15, 0.2) is 5.76 Å². The molecule has 1 aromatic carbocycles. The van der Waals surface area contributed by atoms with Gasteiger partial charge in [0.2, 0.25) is 5.89 Å². The summed E-state index contributed by atoms with van der Waals surface area (Å²) in [6.07, 6.45) is 1.46. The largest absolute Gasteiger partial charge is 0.439 e. The molecule has 0 bridgehead atoms. The minimum Gasteiger partial charge on any atom is -0.439 e. The highest BCUT2D eigenvalue weighted by molar-refractivity contribution is 9.10. The van der Waals surface area contributed by atoms with Crippen molar-refractivity contribution < 1.29 is 8.81 Å². The Morgan fingerprint density at radius 2 is 2.27 bits per heavy atom. The van der Waals surface area contributed by atoms with Crippen molar-refractivity contribution in [2.24, 2.45) is 5.73 Å². The summed E-state index contributed by atoms with van der Waals surface area (Å²) < 4.78 is 19.4. The van der Waals surface area contributed by atoms with Gasteiger partial charge in [0, 0.05) is 4.47 Å². The summed E-state index contributed by atoms with van der Waals surface area (Å²) in [7, 11) is 0. The molecule has 0 aliphatic rings. The van der Waals surface area contributed by atoms with Gasteiger partial charge in [-0.15, -0.1) is 0 Å². The number of oxazole rings is 1. The maximum atomic E-state index is 13.5. The van der Waals surface area contributed by atoms with E-state index in [-0.39, 0.29) is 12.4 Å². The van der Waals surface area contributed by atoms with Gasteiger partial charge in [0.25, 0.3) is 0 Å². The van der Waals surface area contributed by atoms with Crippen LogP contribution < -0.4 is 5.73 Å². The zero-order valence-corrected chi connectivity index (χ0v) is 9.29. The third kappa shape index (κ3) is 1.93. The van der Waals surface area contributed by atoms with Crippen molar-refractivity contribution in [2.45, 2.75) is 6.54 Å². The zero-order chi connectivity index (χ0) is 10.8. The van der Waals surface area contributed by atoms with Crippen LogP contribution in [0.5, 0.6) is 0 Å². The number of halogens is 2. The van der Waals surface area contributed by atoms with Crippen molar-refractivity contribution >= 4 is 15.9 Å². The van der Waals surface area contributed by atoms with E-state index >= 15 is 0 Å². The van der Waals surface area contributed by atoms with Gasteiger partial charge < -0.3 is 10.2 Å². The average molecular weight is 271 g/mol. The predicted octanol–water partition coefficient (Wildman–Crippen LogP) is 2.70. The molecule has 0 saturated heterocycles. The van der Waals surface area contributed by atoms with Gasteiger partial charge in [-0.05, 0) is 28.1 Å². The minimum atomic E-state index is -0.357. The maximum absolute atomic E-state index is 13.5. The molecule has 0 unspecified atom stereocenters. The molecular formula is C10H8BrFN2O. The summed E-state index contributed by atoms with van der Waals surface area (Å²) >= 11 is 3.26. The van der Waals surface area contributed by atoms with E-state index in [4.69, 9.17) is 10.2 Å². The second kappa shape index (κ2) is 4.12. The van der Waals surface area contributed by atoms with Crippen LogP contribution in [0.3, 0.4) is 0 Å². The molecule has 0 aliphatic carbocycles. The Balaban J connectivity index is 2.53. The minimum absolute atomic E-state index is 0.200. The lowest BCUT2D eigenvalue weighted by molar-refractivity contribution is 0.505. The van der Waals surface area contributed by atoms with Crippen LogP contribution in [0.25, 0.3) is 11.3 Å². The fourth-order valence-corrected chi connectivity index (χ4v) is 1.79. The smallest absolute Gasteiger partial charge is 0.208 e. The molecule has 0 spiro atoms. The molecule has 0 amide bonds. The highest BCUT2D eigenvalue weighted by atomic mass is 79.9. The van der Waals surface area contributed by atoms with E-state index in [1.54, 1.807) is 12.1 Å². The zero-order valence-electron chi connectivity index (χ0n) is 7.71. The first-order valence-corrected chi connectivity index (χ1v) is 5.11. The predicted molar refractivity (Wildman–Crippen MR) is 57.5 cm³/mol. The fourth-order valence-electron chi connectivity index (χ4n) is 1.25. The molecular weight excluding hydrogens is 263 g/mol. The van der Waals surface area contributed by atoms with Crippen molar-refractivity contribution in [1.82, 2.24) is 4.98 Å². The summed E-state index contributed by atoms with van der Waals surface area (Å²) in [5.41, 5.74) is 5.72. The van der Waals surface area contributed by atoms with E-state index in [9.17, 15) is 4.39 Å². The summed E-state index contributed by atoms with van der Waals surface area (Å²) in [6.45, 7) is 0.200. The van der Waals surface area contributed by atoms with Crippen LogP contribution in [0.15, 0.2) is 33.3 Å². The van der Waals surface area contributed by atoms with Crippen molar-refractivity contribution in [1.29, 1.82) is 0 Å². The first kappa shape index (κ1) is 10.3. The van der Waals surface area contributed by atoms with Crippen LogP contribution in [0.1, 0.15) is 5.89 Å². The van der Waals surface area contributed by atoms with Gasteiger partial charge in [-0.1, -0.05) is 6.07 Å². The summed E-state index contributed by atoms with van der Waals surface area (Å²) in [5, 5.41) is 0. The highest BCUT2D eigenvalue weighted by Crippen LogP contribution is 2.30. The SMILES string of the molecule is NCc1ncc(-c2c(F)cccc2Br)o1. The lowest BCUT2D eigenvalue weighted by atomic mass is 10.2. The highest BCUT2D eigenvalue weighted by Gasteiger charge is 2.13. The maximum Gasteiger partial charge on any atom is 0.208 e. The number of hydrogen-bond acceptors (Lipinski definition) is 3. The molecule has 2 aromatic rings. The number of hydrogen-bond donors (Lipinski definition) is 1. The summed E-state index contributed by atoms with van der Waals surface area (Å²) in [4.78, 5) is 3.91. The van der Waals surface area contributed by atoms with Gasteiger partial charge in [0.1, 0.15) is 5.82 Å². The monoisotopic (exact) mass is 270 g/mol. The lowest BCUT2D eigenvalue weighted by Gasteiger charge is -2.01. The van der Waals surface area contributed by atoms with Crippen LogP contribution in [-0.4, -0.2) is 4.98 Å². The molecule has 15 heavy (non-hydrogen) atoms.